The molecule has 1 saturated heterocycles. The van der Waals surface area contributed by atoms with Crippen LogP contribution >= 0.6 is 0 Å². The summed E-state index contributed by atoms with van der Waals surface area (Å²) in [6.07, 6.45) is 6.72. The Kier molecular flexibility index (Phi) is 3.82. The minimum absolute atomic E-state index is 0.224. The lowest BCUT2D eigenvalue weighted by Gasteiger charge is -2.40. The SMILES string of the molecule is Cc1ccncc1C1C(CNC2CC2)OCCN1C. The van der Waals surface area contributed by atoms with Gasteiger partial charge in [-0.1, -0.05) is 0 Å². The van der Waals surface area contributed by atoms with Crippen molar-refractivity contribution in [2.75, 3.05) is 26.7 Å². The normalized spacial score (nSPS) is 28.5. The second-order valence-electron chi connectivity index (χ2n) is 5.75. The minimum Gasteiger partial charge on any atom is -0.374 e. The zero-order valence-corrected chi connectivity index (χ0v) is 11.8. The molecule has 19 heavy (non-hydrogen) atoms. The summed E-state index contributed by atoms with van der Waals surface area (Å²) >= 11 is 0. The smallest absolute Gasteiger partial charge is 0.0897 e. The predicted octanol–water partition coefficient (Wildman–Crippen LogP) is 1.51. The average molecular weight is 261 g/mol. The molecule has 2 fully saturated rings. The van der Waals surface area contributed by atoms with Gasteiger partial charge in [0.05, 0.1) is 18.8 Å². The van der Waals surface area contributed by atoms with Crippen molar-refractivity contribution in [3.8, 4) is 0 Å². The fourth-order valence-electron chi connectivity index (χ4n) is 2.83. The Labute approximate surface area is 115 Å². The highest BCUT2D eigenvalue weighted by atomic mass is 16.5. The molecule has 2 heterocycles. The van der Waals surface area contributed by atoms with Gasteiger partial charge in [0.25, 0.3) is 0 Å². The number of aryl methyl sites for hydroxylation is 1. The molecular weight excluding hydrogens is 238 g/mol. The maximum Gasteiger partial charge on any atom is 0.0897 e. The van der Waals surface area contributed by atoms with Gasteiger partial charge in [-0.2, -0.15) is 0 Å². The molecule has 1 aliphatic carbocycles. The van der Waals surface area contributed by atoms with Crippen LogP contribution in [0.25, 0.3) is 0 Å². The van der Waals surface area contributed by atoms with Gasteiger partial charge in [-0.05, 0) is 44.0 Å². The molecule has 0 aromatic carbocycles. The molecule has 0 spiro atoms. The van der Waals surface area contributed by atoms with E-state index in [4.69, 9.17) is 4.74 Å². The van der Waals surface area contributed by atoms with E-state index in [2.05, 4.69) is 35.2 Å². The van der Waals surface area contributed by atoms with Crippen molar-refractivity contribution in [2.45, 2.75) is 38.0 Å². The minimum atomic E-state index is 0.224. The second kappa shape index (κ2) is 5.57. The van der Waals surface area contributed by atoms with Crippen LogP contribution in [0.2, 0.25) is 0 Å². The molecule has 1 N–H and O–H groups in total. The van der Waals surface area contributed by atoms with Crippen LogP contribution in [-0.2, 0) is 4.74 Å². The molecule has 4 heteroatoms. The van der Waals surface area contributed by atoms with E-state index >= 15 is 0 Å². The summed E-state index contributed by atoms with van der Waals surface area (Å²) < 4.78 is 6.02. The van der Waals surface area contributed by atoms with Crippen LogP contribution in [0.4, 0.5) is 0 Å². The van der Waals surface area contributed by atoms with E-state index in [-0.39, 0.29) is 6.10 Å². The van der Waals surface area contributed by atoms with Gasteiger partial charge in [-0.3, -0.25) is 9.88 Å². The monoisotopic (exact) mass is 261 g/mol. The highest BCUT2D eigenvalue weighted by Crippen LogP contribution is 2.30. The first kappa shape index (κ1) is 13.0. The maximum atomic E-state index is 6.02. The average Bonchev–Trinajstić information content (AvgIpc) is 3.22. The lowest BCUT2D eigenvalue weighted by Crippen LogP contribution is -2.48. The van der Waals surface area contributed by atoms with Gasteiger partial charge in [0.1, 0.15) is 0 Å². The Morgan fingerprint density at radius 1 is 1.47 bits per heavy atom. The van der Waals surface area contributed by atoms with Crippen molar-refractivity contribution in [3.05, 3.63) is 29.6 Å². The number of hydrogen-bond donors (Lipinski definition) is 1. The number of nitrogens with zero attached hydrogens (tertiary/aromatic N) is 2. The quantitative estimate of drug-likeness (QED) is 0.891. The molecule has 1 aromatic heterocycles. The second-order valence-corrected chi connectivity index (χ2v) is 5.75. The third-order valence-corrected chi connectivity index (χ3v) is 4.19. The summed E-state index contributed by atoms with van der Waals surface area (Å²) in [5.41, 5.74) is 2.60. The Hall–Kier alpha value is -0.970. The van der Waals surface area contributed by atoms with Gasteiger partial charge < -0.3 is 10.1 Å². The number of likely N-dealkylation sites (N-methyl/N-ethyl adjacent to an activating group) is 1. The Balaban J connectivity index is 1.78. The number of morpholine rings is 1. The summed E-state index contributed by atoms with van der Waals surface area (Å²) in [7, 11) is 2.18. The van der Waals surface area contributed by atoms with Crippen molar-refractivity contribution >= 4 is 0 Å². The molecule has 2 aliphatic rings. The molecule has 0 radical (unpaired) electrons. The fourth-order valence-corrected chi connectivity index (χ4v) is 2.83. The number of rotatable bonds is 4. The highest BCUT2D eigenvalue weighted by molar-refractivity contribution is 5.26. The van der Waals surface area contributed by atoms with Crippen LogP contribution in [0.1, 0.15) is 30.0 Å². The Morgan fingerprint density at radius 3 is 3.05 bits per heavy atom. The lowest BCUT2D eigenvalue weighted by atomic mass is 9.96. The summed E-state index contributed by atoms with van der Waals surface area (Å²) in [5, 5.41) is 3.59. The van der Waals surface area contributed by atoms with Crippen LogP contribution in [-0.4, -0.2) is 48.8 Å². The van der Waals surface area contributed by atoms with E-state index in [0.29, 0.717) is 6.04 Å². The molecule has 2 atom stereocenters. The molecule has 2 unspecified atom stereocenters. The van der Waals surface area contributed by atoms with Crippen molar-refractivity contribution in [1.82, 2.24) is 15.2 Å². The molecule has 104 valence electrons. The van der Waals surface area contributed by atoms with Crippen LogP contribution < -0.4 is 5.32 Å². The molecule has 4 nitrogen and oxygen atoms in total. The fraction of sp³-hybridized carbons (Fsp3) is 0.667. The maximum absolute atomic E-state index is 6.02. The Bertz CT molecular complexity index is 433. The zero-order valence-electron chi connectivity index (χ0n) is 11.8. The van der Waals surface area contributed by atoms with Crippen molar-refractivity contribution in [1.29, 1.82) is 0 Å². The third-order valence-electron chi connectivity index (χ3n) is 4.19. The van der Waals surface area contributed by atoms with Crippen molar-refractivity contribution in [2.24, 2.45) is 0 Å². The molecule has 3 rings (SSSR count). The highest BCUT2D eigenvalue weighted by Gasteiger charge is 2.33. The van der Waals surface area contributed by atoms with E-state index in [1.165, 1.54) is 24.0 Å². The number of pyridine rings is 1. The van der Waals surface area contributed by atoms with Crippen molar-refractivity contribution in [3.63, 3.8) is 0 Å². The molecule has 1 saturated carbocycles. The topological polar surface area (TPSA) is 37.4 Å². The summed E-state index contributed by atoms with van der Waals surface area (Å²) in [5.74, 6) is 0. The number of nitrogens with one attached hydrogen (secondary N) is 1. The number of hydrogen-bond acceptors (Lipinski definition) is 4. The van der Waals surface area contributed by atoms with Crippen LogP contribution in [0, 0.1) is 6.92 Å². The lowest BCUT2D eigenvalue weighted by molar-refractivity contribution is -0.0618. The van der Waals surface area contributed by atoms with Crippen molar-refractivity contribution < 1.29 is 4.74 Å². The first-order valence-corrected chi connectivity index (χ1v) is 7.21. The van der Waals surface area contributed by atoms with Gasteiger partial charge in [-0.15, -0.1) is 0 Å². The first-order chi connectivity index (χ1) is 9.25. The molecular formula is C15H23N3O. The molecule has 0 amide bonds. The molecule has 1 aromatic rings. The van der Waals surface area contributed by atoms with Gasteiger partial charge >= 0.3 is 0 Å². The predicted molar refractivity (Wildman–Crippen MR) is 75.1 cm³/mol. The van der Waals surface area contributed by atoms with Gasteiger partial charge in [0, 0.05) is 31.5 Å². The van der Waals surface area contributed by atoms with Crippen LogP contribution in [0.15, 0.2) is 18.5 Å². The zero-order chi connectivity index (χ0) is 13.2. The van der Waals surface area contributed by atoms with Gasteiger partial charge in [0.2, 0.25) is 0 Å². The number of aromatic nitrogens is 1. The largest absolute Gasteiger partial charge is 0.374 e. The summed E-state index contributed by atoms with van der Waals surface area (Å²) in [4.78, 5) is 6.69. The summed E-state index contributed by atoms with van der Waals surface area (Å²) in [6.45, 7) is 4.90. The van der Waals surface area contributed by atoms with Gasteiger partial charge in [-0.25, -0.2) is 0 Å². The Morgan fingerprint density at radius 2 is 2.32 bits per heavy atom. The third kappa shape index (κ3) is 2.96. The molecule has 0 bridgehead atoms. The van der Waals surface area contributed by atoms with E-state index in [1.54, 1.807) is 0 Å². The summed E-state index contributed by atoms with van der Waals surface area (Å²) in [6, 6.07) is 3.13. The van der Waals surface area contributed by atoms with E-state index in [1.807, 2.05) is 12.4 Å². The van der Waals surface area contributed by atoms with Crippen LogP contribution in [0.3, 0.4) is 0 Å². The standard InChI is InChI=1S/C15H23N3O/c1-11-5-6-16-9-13(11)15-14(10-17-12-3-4-12)19-8-7-18(15)2/h5-6,9,12,14-15,17H,3-4,7-8,10H2,1-2H3. The number of ether oxygens (including phenoxy) is 1. The van der Waals surface area contributed by atoms with E-state index < -0.39 is 0 Å². The van der Waals surface area contributed by atoms with Gasteiger partial charge in [0.15, 0.2) is 0 Å². The van der Waals surface area contributed by atoms with E-state index in [0.717, 1.165) is 25.7 Å². The van der Waals surface area contributed by atoms with Crippen LogP contribution in [0.5, 0.6) is 0 Å². The molecule has 1 aliphatic heterocycles. The first-order valence-electron chi connectivity index (χ1n) is 7.21. The van der Waals surface area contributed by atoms with E-state index in [9.17, 15) is 0 Å².